The molecule has 2 heterocycles. The molecular formula is C14H26N2O. The van der Waals surface area contributed by atoms with Gasteiger partial charge in [0.1, 0.15) is 0 Å². The quantitative estimate of drug-likeness (QED) is 0.812. The second-order valence-electron chi connectivity index (χ2n) is 5.59. The number of likely N-dealkylation sites (tertiary alicyclic amines) is 1. The second kappa shape index (κ2) is 5.85. The lowest BCUT2D eigenvalue weighted by Crippen LogP contribution is -2.56. The zero-order chi connectivity index (χ0) is 12.3. The first-order valence-corrected chi connectivity index (χ1v) is 7.26. The maximum Gasteiger partial charge on any atom is 0.222 e. The lowest BCUT2D eigenvalue weighted by Gasteiger charge is -2.45. The van der Waals surface area contributed by atoms with Crippen LogP contribution >= 0.6 is 0 Å². The molecule has 1 amide bonds. The van der Waals surface area contributed by atoms with Crippen LogP contribution in [0.1, 0.15) is 46.0 Å². The van der Waals surface area contributed by atoms with E-state index in [4.69, 9.17) is 0 Å². The number of rotatable bonds is 4. The Morgan fingerprint density at radius 3 is 2.82 bits per heavy atom. The van der Waals surface area contributed by atoms with Crippen LogP contribution < -0.4 is 5.32 Å². The van der Waals surface area contributed by atoms with E-state index in [0.717, 1.165) is 38.9 Å². The number of amides is 1. The van der Waals surface area contributed by atoms with E-state index in [-0.39, 0.29) is 0 Å². The molecule has 2 aliphatic rings. The molecule has 17 heavy (non-hydrogen) atoms. The Hall–Kier alpha value is -0.570. The standard InChI is InChI=1S/C14H26N2O/c1-3-11(4-2)10-16-13-7-8-15-9-12(13)5-6-14(16)17/h11-13,15H,3-10H2,1-2H3. The van der Waals surface area contributed by atoms with Crippen molar-refractivity contribution < 1.29 is 4.79 Å². The third-order valence-corrected chi connectivity index (χ3v) is 4.63. The molecule has 0 aromatic rings. The highest BCUT2D eigenvalue weighted by Crippen LogP contribution is 2.29. The summed E-state index contributed by atoms with van der Waals surface area (Å²) in [7, 11) is 0. The van der Waals surface area contributed by atoms with E-state index in [1.165, 1.54) is 12.8 Å². The van der Waals surface area contributed by atoms with Crippen molar-refractivity contribution in [2.24, 2.45) is 11.8 Å². The third kappa shape index (κ3) is 2.82. The van der Waals surface area contributed by atoms with E-state index in [1.54, 1.807) is 0 Å². The van der Waals surface area contributed by atoms with E-state index in [0.29, 0.717) is 23.8 Å². The normalized spacial score (nSPS) is 29.6. The highest BCUT2D eigenvalue weighted by atomic mass is 16.2. The van der Waals surface area contributed by atoms with Crippen LogP contribution in [0.4, 0.5) is 0 Å². The van der Waals surface area contributed by atoms with E-state index in [9.17, 15) is 4.79 Å². The van der Waals surface area contributed by atoms with Gasteiger partial charge in [-0.25, -0.2) is 0 Å². The van der Waals surface area contributed by atoms with Crippen LogP contribution in [0.2, 0.25) is 0 Å². The van der Waals surface area contributed by atoms with Crippen LogP contribution in [-0.4, -0.2) is 36.5 Å². The monoisotopic (exact) mass is 238 g/mol. The molecule has 2 aliphatic heterocycles. The molecule has 98 valence electrons. The van der Waals surface area contributed by atoms with Crippen LogP contribution in [0.25, 0.3) is 0 Å². The van der Waals surface area contributed by atoms with Gasteiger partial charge in [-0.2, -0.15) is 0 Å². The van der Waals surface area contributed by atoms with Crippen LogP contribution in [0.5, 0.6) is 0 Å². The Morgan fingerprint density at radius 2 is 2.12 bits per heavy atom. The average Bonchev–Trinajstić information content (AvgIpc) is 2.38. The summed E-state index contributed by atoms with van der Waals surface area (Å²) in [6.45, 7) is 7.66. The van der Waals surface area contributed by atoms with Crippen molar-refractivity contribution in [1.29, 1.82) is 0 Å². The van der Waals surface area contributed by atoms with Crippen molar-refractivity contribution in [2.75, 3.05) is 19.6 Å². The highest BCUT2D eigenvalue weighted by molar-refractivity contribution is 5.77. The first-order valence-electron chi connectivity index (χ1n) is 7.26. The molecule has 2 saturated heterocycles. The first kappa shape index (κ1) is 12.9. The lowest BCUT2D eigenvalue weighted by molar-refractivity contribution is -0.140. The van der Waals surface area contributed by atoms with Crippen molar-refractivity contribution in [3.63, 3.8) is 0 Å². The van der Waals surface area contributed by atoms with Gasteiger partial charge < -0.3 is 10.2 Å². The molecule has 3 heteroatoms. The first-order chi connectivity index (χ1) is 8.26. The molecule has 0 saturated carbocycles. The second-order valence-corrected chi connectivity index (χ2v) is 5.59. The third-order valence-electron chi connectivity index (χ3n) is 4.63. The van der Waals surface area contributed by atoms with Gasteiger partial charge in [-0.05, 0) is 37.8 Å². The minimum atomic E-state index is 0.403. The minimum Gasteiger partial charge on any atom is -0.339 e. The molecule has 0 aromatic carbocycles. The molecule has 2 fully saturated rings. The molecule has 0 radical (unpaired) electrons. The molecule has 2 atom stereocenters. The van der Waals surface area contributed by atoms with Gasteiger partial charge >= 0.3 is 0 Å². The van der Waals surface area contributed by atoms with Gasteiger partial charge in [0, 0.05) is 19.0 Å². The number of carbonyl (C=O) groups excluding carboxylic acids is 1. The lowest BCUT2D eigenvalue weighted by atomic mass is 9.83. The largest absolute Gasteiger partial charge is 0.339 e. The van der Waals surface area contributed by atoms with Crippen LogP contribution in [0.15, 0.2) is 0 Å². The summed E-state index contributed by atoms with van der Waals surface area (Å²) in [5.41, 5.74) is 0. The van der Waals surface area contributed by atoms with Crippen molar-refractivity contribution in [1.82, 2.24) is 10.2 Å². The molecule has 0 bridgehead atoms. The maximum atomic E-state index is 12.1. The summed E-state index contributed by atoms with van der Waals surface area (Å²) in [5, 5.41) is 3.46. The van der Waals surface area contributed by atoms with Crippen LogP contribution in [0, 0.1) is 11.8 Å². The number of nitrogens with one attached hydrogen (secondary N) is 1. The number of nitrogens with zero attached hydrogens (tertiary/aromatic N) is 1. The Bertz CT molecular complexity index is 263. The summed E-state index contributed by atoms with van der Waals surface area (Å²) >= 11 is 0. The van der Waals surface area contributed by atoms with E-state index >= 15 is 0 Å². The van der Waals surface area contributed by atoms with Crippen LogP contribution in [0.3, 0.4) is 0 Å². The predicted octanol–water partition coefficient (Wildman–Crippen LogP) is 2.02. The van der Waals surface area contributed by atoms with Crippen molar-refractivity contribution in [2.45, 2.75) is 52.0 Å². The zero-order valence-electron chi connectivity index (χ0n) is 11.2. The van der Waals surface area contributed by atoms with Crippen molar-refractivity contribution >= 4 is 5.91 Å². The molecule has 2 unspecified atom stereocenters. The van der Waals surface area contributed by atoms with E-state index < -0.39 is 0 Å². The number of carbonyl (C=O) groups is 1. The van der Waals surface area contributed by atoms with Gasteiger partial charge in [0.05, 0.1) is 0 Å². The van der Waals surface area contributed by atoms with Gasteiger partial charge in [0.2, 0.25) is 5.91 Å². The summed E-state index contributed by atoms with van der Waals surface area (Å²) in [4.78, 5) is 14.3. The molecule has 0 aliphatic carbocycles. The Balaban J connectivity index is 2.02. The summed E-state index contributed by atoms with van der Waals surface area (Å²) in [5.74, 6) is 1.79. The zero-order valence-corrected chi connectivity index (χ0v) is 11.2. The van der Waals surface area contributed by atoms with Crippen molar-refractivity contribution in [3.8, 4) is 0 Å². The molecule has 1 N–H and O–H groups in total. The molecule has 3 nitrogen and oxygen atoms in total. The number of piperidine rings is 2. The minimum absolute atomic E-state index is 0.403. The number of fused-ring (bicyclic) bond motifs is 1. The number of hydrogen-bond donors (Lipinski definition) is 1. The van der Waals surface area contributed by atoms with Crippen LogP contribution in [-0.2, 0) is 4.79 Å². The fraction of sp³-hybridized carbons (Fsp3) is 0.929. The number of hydrogen-bond acceptors (Lipinski definition) is 2. The smallest absolute Gasteiger partial charge is 0.222 e. The maximum absolute atomic E-state index is 12.1. The molecule has 0 spiro atoms. The molecule has 2 rings (SSSR count). The highest BCUT2D eigenvalue weighted by Gasteiger charge is 2.37. The summed E-state index contributed by atoms with van der Waals surface area (Å²) < 4.78 is 0. The predicted molar refractivity (Wildman–Crippen MR) is 69.8 cm³/mol. The fourth-order valence-electron chi connectivity index (χ4n) is 3.31. The van der Waals surface area contributed by atoms with E-state index in [2.05, 4.69) is 24.1 Å². The van der Waals surface area contributed by atoms with E-state index in [1.807, 2.05) is 0 Å². The summed E-state index contributed by atoms with van der Waals surface area (Å²) in [6.07, 6.45) is 5.39. The Labute approximate surface area is 105 Å². The Morgan fingerprint density at radius 1 is 1.35 bits per heavy atom. The average molecular weight is 238 g/mol. The molecule has 0 aromatic heterocycles. The van der Waals surface area contributed by atoms with Gasteiger partial charge in [0.25, 0.3) is 0 Å². The van der Waals surface area contributed by atoms with Crippen molar-refractivity contribution in [3.05, 3.63) is 0 Å². The fourth-order valence-corrected chi connectivity index (χ4v) is 3.31. The van der Waals surface area contributed by atoms with Gasteiger partial charge in [-0.1, -0.05) is 26.7 Å². The SMILES string of the molecule is CCC(CC)CN1C(=O)CCC2CNCCC21. The van der Waals surface area contributed by atoms with Gasteiger partial charge in [-0.3, -0.25) is 4.79 Å². The van der Waals surface area contributed by atoms with Gasteiger partial charge in [-0.15, -0.1) is 0 Å². The topological polar surface area (TPSA) is 32.3 Å². The molecular weight excluding hydrogens is 212 g/mol. The van der Waals surface area contributed by atoms with Gasteiger partial charge in [0.15, 0.2) is 0 Å². The summed E-state index contributed by atoms with van der Waals surface area (Å²) in [6, 6.07) is 0.526. The Kier molecular flexibility index (Phi) is 4.43.